The van der Waals surface area contributed by atoms with Gasteiger partial charge in [-0.05, 0) is 49.9 Å². The molecule has 4 rings (SSSR count). The van der Waals surface area contributed by atoms with E-state index in [1.807, 2.05) is 0 Å². The number of thioether (sulfide) groups is 1. The van der Waals surface area contributed by atoms with Gasteiger partial charge in [-0.1, -0.05) is 6.07 Å². The second-order valence-corrected chi connectivity index (χ2v) is 9.27. The third kappa shape index (κ3) is 4.15. The molecule has 0 saturated carbocycles. The Hall–Kier alpha value is -1.34. The molecule has 2 atom stereocenters. The first-order valence-electron chi connectivity index (χ1n) is 10.3. The van der Waals surface area contributed by atoms with Crippen LogP contribution in [0.2, 0.25) is 0 Å². The van der Waals surface area contributed by atoms with Gasteiger partial charge in [-0.25, -0.2) is 4.98 Å². The van der Waals surface area contributed by atoms with E-state index in [9.17, 15) is 5.11 Å². The number of aromatic nitrogens is 1. The minimum Gasteiger partial charge on any atom is -0.396 e. The van der Waals surface area contributed by atoms with Crippen LogP contribution in [0.3, 0.4) is 0 Å². The number of fused-ring (bicyclic) bond motifs is 1. The lowest BCUT2D eigenvalue weighted by Gasteiger charge is -2.34. The molecule has 1 N–H and O–H groups in total. The molecule has 2 fully saturated rings. The number of aryl methyl sites for hydroxylation is 1. The van der Waals surface area contributed by atoms with Crippen molar-refractivity contribution in [1.29, 1.82) is 0 Å². The van der Waals surface area contributed by atoms with Gasteiger partial charge >= 0.3 is 0 Å². The molecule has 152 valence electrons. The summed E-state index contributed by atoms with van der Waals surface area (Å²) in [5.74, 6) is 1.89. The molecule has 1 aromatic carbocycles. The van der Waals surface area contributed by atoms with Gasteiger partial charge in [0, 0.05) is 68.6 Å². The number of piperazine rings is 1. The molecule has 0 amide bonds. The monoisotopic (exact) mass is 400 g/mol. The van der Waals surface area contributed by atoms with Crippen molar-refractivity contribution < 1.29 is 5.11 Å². The van der Waals surface area contributed by atoms with E-state index in [0.717, 1.165) is 57.1 Å². The number of aliphatic hydroxyl groups is 1. The summed E-state index contributed by atoms with van der Waals surface area (Å²) in [6, 6.07) is 8.76. The van der Waals surface area contributed by atoms with Gasteiger partial charge in [0.1, 0.15) is 5.82 Å². The van der Waals surface area contributed by atoms with Crippen molar-refractivity contribution in [3.05, 3.63) is 29.8 Å². The summed E-state index contributed by atoms with van der Waals surface area (Å²) < 4.78 is 0. The summed E-state index contributed by atoms with van der Waals surface area (Å²) in [6.07, 6.45) is 2.10. The summed E-state index contributed by atoms with van der Waals surface area (Å²) in [4.78, 5) is 13.6. The molecule has 2 aromatic rings. The number of pyridine rings is 1. The number of aliphatic hydroxyl groups excluding tert-OH is 1. The fourth-order valence-electron chi connectivity index (χ4n) is 4.56. The molecule has 0 aliphatic carbocycles. The van der Waals surface area contributed by atoms with Crippen LogP contribution in [-0.2, 0) is 0 Å². The topological polar surface area (TPSA) is 42.8 Å². The van der Waals surface area contributed by atoms with Crippen molar-refractivity contribution in [1.82, 2.24) is 14.8 Å². The van der Waals surface area contributed by atoms with E-state index < -0.39 is 0 Å². The van der Waals surface area contributed by atoms with Crippen LogP contribution in [-0.4, -0.2) is 85.6 Å². The van der Waals surface area contributed by atoms with Crippen LogP contribution in [0.25, 0.3) is 10.9 Å². The molecule has 2 unspecified atom stereocenters. The maximum Gasteiger partial charge on any atom is 0.129 e. The second-order valence-electron chi connectivity index (χ2n) is 8.39. The molecule has 5 nitrogen and oxygen atoms in total. The van der Waals surface area contributed by atoms with Crippen LogP contribution < -0.4 is 4.90 Å². The Morgan fingerprint density at radius 1 is 1.11 bits per heavy atom. The number of rotatable bonds is 5. The Bertz CT molecular complexity index is 822. The molecule has 0 radical (unpaired) electrons. The Labute approximate surface area is 172 Å². The lowest BCUT2D eigenvalue weighted by Crippen LogP contribution is -2.47. The van der Waals surface area contributed by atoms with Crippen molar-refractivity contribution in [2.24, 2.45) is 11.8 Å². The number of likely N-dealkylation sites (N-methyl/N-ethyl adjacent to an activating group) is 1. The van der Waals surface area contributed by atoms with Gasteiger partial charge in [0.15, 0.2) is 0 Å². The fraction of sp³-hybridized carbons (Fsp3) is 0.591. The molecule has 2 aliphatic heterocycles. The predicted octanol–water partition coefficient (Wildman–Crippen LogP) is 2.56. The minimum absolute atomic E-state index is 0.262. The first-order chi connectivity index (χ1) is 13.6. The molecule has 2 saturated heterocycles. The predicted molar refractivity (Wildman–Crippen MR) is 118 cm³/mol. The number of hydrogen-bond donors (Lipinski definition) is 1. The number of anilines is 1. The molecule has 6 heteroatoms. The van der Waals surface area contributed by atoms with Gasteiger partial charge in [-0.2, -0.15) is 0 Å². The van der Waals surface area contributed by atoms with Crippen molar-refractivity contribution in [3.8, 4) is 0 Å². The zero-order chi connectivity index (χ0) is 19.7. The highest BCUT2D eigenvalue weighted by Gasteiger charge is 2.34. The third-order valence-electron chi connectivity index (χ3n) is 6.43. The lowest BCUT2D eigenvalue weighted by molar-refractivity contribution is 0.116. The van der Waals surface area contributed by atoms with E-state index in [1.54, 1.807) is 11.8 Å². The SMILES string of the molecule is CSc1ccc2c(C)cc(N3CC(CO)C(CN4CCN(C)CC4)C3)nc2c1. The fourth-order valence-corrected chi connectivity index (χ4v) is 4.99. The van der Waals surface area contributed by atoms with Gasteiger partial charge < -0.3 is 19.8 Å². The van der Waals surface area contributed by atoms with E-state index in [0.29, 0.717) is 11.8 Å². The highest BCUT2D eigenvalue weighted by molar-refractivity contribution is 7.98. The zero-order valence-electron chi connectivity index (χ0n) is 17.3. The summed E-state index contributed by atoms with van der Waals surface area (Å²) >= 11 is 1.76. The van der Waals surface area contributed by atoms with Gasteiger partial charge in [0.25, 0.3) is 0 Å². The van der Waals surface area contributed by atoms with E-state index in [-0.39, 0.29) is 6.61 Å². The van der Waals surface area contributed by atoms with Crippen molar-refractivity contribution in [2.45, 2.75) is 11.8 Å². The quantitative estimate of drug-likeness (QED) is 0.778. The molecule has 2 aliphatic rings. The lowest BCUT2D eigenvalue weighted by atomic mass is 9.96. The molecule has 3 heterocycles. The second kappa shape index (κ2) is 8.57. The Morgan fingerprint density at radius 3 is 2.57 bits per heavy atom. The molecular weight excluding hydrogens is 368 g/mol. The van der Waals surface area contributed by atoms with Crippen molar-refractivity contribution in [3.63, 3.8) is 0 Å². The Kier molecular flexibility index (Phi) is 6.11. The average molecular weight is 401 g/mol. The van der Waals surface area contributed by atoms with Crippen LogP contribution in [0.1, 0.15) is 5.56 Å². The smallest absolute Gasteiger partial charge is 0.129 e. The van der Waals surface area contributed by atoms with Crippen LogP contribution in [0.5, 0.6) is 0 Å². The van der Waals surface area contributed by atoms with Crippen molar-refractivity contribution in [2.75, 3.05) is 70.6 Å². The Balaban J connectivity index is 1.52. The molecule has 0 bridgehead atoms. The highest BCUT2D eigenvalue weighted by atomic mass is 32.2. The third-order valence-corrected chi connectivity index (χ3v) is 7.16. The van der Waals surface area contributed by atoms with Gasteiger partial charge in [-0.15, -0.1) is 11.8 Å². The summed E-state index contributed by atoms with van der Waals surface area (Å²) in [5.41, 5.74) is 2.35. The number of benzene rings is 1. The van der Waals surface area contributed by atoms with E-state index in [4.69, 9.17) is 4.98 Å². The molecule has 1 aromatic heterocycles. The Morgan fingerprint density at radius 2 is 1.86 bits per heavy atom. The van der Waals surface area contributed by atoms with Gasteiger partial charge in [0.05, 0.1) is 5.52 Å². The average Bonchev–Trinajstić information content (AvgIpc) is 3.12. The summed E-state index contributed by atoms with van der Waals surface area (Å²) in [5, 5.41) is 11.2. The maximum atomic E-state index is 9.99. The minimum atomic E-state index is 0.262. The molecule has 28 heavy (non-hydrogen) atoms. The molecular formula is C22H32N4OS. The highest BCUT2D eigenvalue weighted by Crippen LogP contribution is 2.31. The number of hydrogen-bond acceptors (Lipinski definition) is 6. The van der Waals surface area contributed by atoms with Crippen LogP contribution in [0, 0.1) is 18.8 Å². The molecule has 0 spiro atoms. The van der Waals surface area contributed by atoms with Crippen LogP contribution in [0.4, 0.5) is 5.82 Å². The maximum absolute atomic E-state index is 9.99. The zero-order valence-corrected chi connectivity index (χ0v) is 18.1. The number of nitrogens with zero attached hydrogens (tertiary/aromatic N) is 4. The van der Waals surface area contributed by atoms with E-state index in [2.05, 4.69) is 59.2 Å². The van der Waals surface area contributed by atoms with Crippen molar-refractivity contribution >= 4 is 28.5 Å². The first-order valence-corrected chi connectivity index (χ1v) is 11.5. The largest absolute Gasteiger partial charge is 0.396 e. The van der Waals surface area contributed by atoms with E-state index >= 15 is 0 Å². The van der Waals surface area contributed by atoms with Gasteiger partial charge in [0.2, 0.25) is 0 Å². The standard InChI is InChI=1S/C22H32N4OS/c1-16-10-22(23-21-11-19(28-3)4-5-20(16)21)26-13-17(18(14-26)15-27)12-25-8-6-24(2)7-9-25/h4-5,10-11,17-18,27H,6-9,12-15H2,1-3H3. The van der Waals surface area contributed by atoms with Gasteiger partial charge in [-0.3, -0.25) is 0 Å². The van der Waals surface area contributed by atoms with E-state index in [1.165, 1.54) is 15.8 Å². The first kappa shape index (κ1) is 20.0. The summed E-state index contributed by atoms with van der Waals surface area (Å²) in [7, 11) is 2.20. The van der Waals surface area contributed by atoms with Crippen LogP contribution in [0.15, 0.2) is 29.2 Å². The normalized spacial score (nSPS) is 24.4. The van der Waals surface area contributed by atoms with Crippen LogP contribution >= 0.6 is 11.8 Å². The summed E-state index contributed by atoms with van der Waals surface area (Å²) in [6.45, 7) is 9.95.